The molecule has 2 atom stereocenters. The molecule has 1 fully saturated rings. The van der Waals surface area contributed by atoms with Gasteiger partial charge in [0, 0.05) is 19.1 Å². The second-order valence-corrected chi connectivity index (χ2v) is 5.76. The van der Waals surface area contributed by atoms with E-state index in [0.717, 1.165) is 19.4 Å². The Bertz CT molecular complexity index is 640. The lowest BCUT2D eigenvalue weighted by Gasteiger charge is -2.39. The zero-order valence-corrected chi connectivity index (χ0v) is 12.7. The van der Waals surface area contributed by atoms with Crippen LogP contribution in [0.4, 0.5) is 0 Å². The third-order valence-electron chi connectivity index (χ3n) is 4.39. The van der Waals surface area contributed by atoms with Crippen molar-refractivity contribution in [3.63, 3.8) is 0 Å². The van der Waals surface area contributed by atoms with Gasteiger partial charge in [-0.1, -0.05) is 19.1 Å². The van der Waals surface area contributed by atoms with Gasteiger partial charge in [0.25, 0.3) is 5.91 Å². The molecular weight excluding hydrogens is 278 g/mol. The van der Waals surface area contributed by atoms with Gasteiger partial charge in [-0.3, -0.25) is 4.79 Å². The summed E-state index contributed by atoms with van der Waals surface area (Å²) in [6, 6.07) is 7.53. The first-order valence-electron chi connectivity index (χ1n) is 7.69. The van der Waals surface area contributed by atoms with Gasteiger partial charge in [-0.05, 0) is 30.9 Å². The molecule has 0 radical (unpaired) electrons. The van der Waals surface area contributed by atoms with E-state index in [1.165, 1.54) is 4.80 Å². The summed E-state index contributed by atoms with van der Waals surface area (Å²) in [5.74, 6) is 0.438. The zero-order valence-electron chi connectivity index (χ0n) is 12.7. The number of para-hydroxylation sites is 1. The molecule has 116 valence electrons. The van der Waals surface area contributed by atoms with Crippen molar-refractivity contribution in [3.05, 3.63) is 42.2 Å². The van der Waals surface area contributed by atoms with Crippen LogP contribution >= 0.6 is 0 Å². The lowest BCUT2D eigenvalue weighted by Crippen LogP contribution is -2.51. The van der Waals surface area contributed by atoms with Crippen molar-refractivity contribution in [2.45, 2.75) is 25.8 Å². The number of carbonyl (C=O) groups excluding carboxylic acids is 1. The highest BCUT2D eigenvalue weighted by Crippen LogP contribution is 2.25. The molecule has 1 aliphatic rings. The topological polar surface area (TPSA) is 77.0 Å². The van der Waals surface area contributed by atoms with E-state index in [9.17, 15) is 4.79 Å². The summed E-state index contributed by atoms with van der Waals surface area (Å²) in [5.41, 5.74) is 7.23. The fourth-order valence-corrected chi connectivity index (χ4v) is 3.18. The van der Waals surface area contributed by atoms with Crippen molar-refractivity contribution < 1.29 is 4.79 Å². The maximum atomic E-state index is 13.0. The van der Waals surface area contributed by atoms with E-state index >= 15 is 0 Å². The molecule has 1 amide bonds. The Morgan fingerprint density at radius 1 is 1.32 bits per heavy atom. The van der Waals surface area contributed by atoms with Gasteiger partial charge in [0.1, 0.15) is 0 Å². The normalized spacial score (nSPS) is 21.8. The molecule has 1 aromatic carbocycles. The number of aromatic nitrogens is 3. The number of nitrogens with two attached hydrogens (primary N) is 1. The van der Waals surface area contributed by atoms with Crippen LogP contribution in [0.1, 0.15) is 30.1 Å². The second-order valence-electron chi connectivity index (χ2n) is 5.76. The van der Waals surface area contributed by atoms with Gasteiger partial charge >= 0.3 is 0 Å². The van der Waals surface area contributed by atoms with E-state index in [4.69, 9.17) is 5.73 Å². The monoisotopic (exact) mass is 299 g/mol. The van der Waals surface area contributed by atoms with Gasteiger partial charge < -0.3 is 10.6 Å². The Morgan fingerprint density at radius 2 is 2.05 bits per heavy atom. The average molecular weight is 299 g/mol. The fraction of sp³-hybridized carbons (Fsp3) is 0.438. The lowest BCUT2D eigenvalue weighted by molar-refractivity contribution is 0.0532. The molecule has 0 saturated carbocycles. The number of nitrogens with zero attached hydrogens (tertiary/aromatic N) is 4. The summed E-state index contributed by atoms with van der Waals surface area (Å²) >= 11 is 0. The first kappa shape index (κ1) is 14.7. The van der Waals surface area contributed by atoms with Crippen LogP contribution in [0.2, 0.25) is 0 Å². The van der Waals surface area contributed by atoms with Crippen molar-refractivity contribution in [1.82, 2.24) is 19.9 Å². The minimum Gasteiger partial charge on any atom is -0.334 e. The third kappa shape index (κ3) is 2.62. The molecule has 1 aromatic heterocycles. The third-order valence-corrected chi connectivity index (χ3v) is 4.39. The summed E-state index contributed by atoms with van der Waals surface area (Å²) < 4.78 is 0. The first-order valence-corrected chi connectivity index (χ1v) is 7.69. The highest BCUT2D eigenvalue weighted by atomic mass is 16.2. The van der Waals surface area contributed by atoms with Crippen molar-refractivity contribution in [3.8, 4) is 5.69 Å². The Labute approximate surface area is 129 Å². The van der Waals surface area contributed by atoms with Crippen LogP contribution in [0.25, 0.3) is 5.69 Å². The van der Waals surface area contributed by atoms with Gasteiger partial charge in [0.2, 0.25) is 0 Å². The Balaban J connectivity index is 1.95. The molecule has 0 bridgehead atoms. The van der Waals surface area contributed by atoms with Gasteiger partial charge in [0.15, 0.2) is 0 Å². The van der Waals surface area contributed by atoms with Gasteiger partial charge in [-0.25, -0.2) is 0 Å². The van der Waals surface area contributed by atoms with Crippen LogP contribution in [0.5, 0.6) is 0 Å². The minimum atomic E-state index is 0.00917. The fourth-order valence-electron chi connectivity index (χ4n) is 3.18. The Morgan fingerprint density at radius 3 is 2.77 bits per heavy atom. The summed E-state index contributed by atoms with van der Waals surface area (Å²) in [7, 11) is 0. The number of piperidine rings is 1. The number of hydrogen-bond acceptors (Lipinski definition) is 4. The van der Waals surface area contributed by atoms with Crippen LogP contribution in [-0.4, -0.2) is 44.9 Å². The number of carbonyl (C=O) groups is 1. The summed E-state index contributed by atoms with van der Waals surface area (Å²) in [5, 5.41) is 8.28. The first-order chi connectivity index (χ1) is 10.7. The van der Waals surface area contributed by atoms with E-state index < -0.39 is 0 Å². The molecule has 3 rings (SSSR count). The van der Waals surface area contributed by atoms with Gasteiger partial charge in [-0.15, -0.1) is 0 Å². The number of benzene rings is 1. The molecule has 1 aliphatic heterocycles. The second kappa shape index (κ2) is 6.27. The standard InChI is InChI=1S/C16H21N5O/c1-12-5-4-10-20(15(12)11-17)16(22)13-6-2-3-7-14(13)21-18-8-9-19-21/h2-3,6-9,12,15H,4-5,10-11,17H2,1H3. The van der Waals surface area contributed by atoms with Crippen LogP contribution in [0.15, 0.2) is 36.7 Å². The highest BCUT2D eigenvalue weighted by molar-refractivity contribution is 5.98. The van der Waals surface area contributed by atoms with Crippen LogP contribution < -0.4 is 5.73 Å². The van der Waals surface area contributed by atoms with Crippen molar-refractivity contribution >= 4 is 5.91 Å². The molecule has 1 saturated heterocycles. The van der Waals surface area contributed by atoms with E-state index in [2.05, 4.69) is 17.1 Å². The summed E-state index contributed by atoms with van der Waals surface area (Å²) in [6.07, 6.45) is 5.35. The highest BCUT2D eigenvalue weighted by Gasteiger charge is 2.32. The number of likely N-dealkylation sites (tertiary alicyclic amines) is 1. The molecule has 2 N–H and O–H groups in total. The number of hydrogen-bond donors (Lipinski definition) is 1. The molecule has 6 nitrogen and oxygen atoms in total. The maximum absolute atomic E-state index is 13.0. The minimum absolute atomic E-state index is 0.00917. The molecule has 2 aromatic rings. The van der Waals surface area contributed by atoms with E-state index in [0.29, 0.717) is 23.7 Å². The maximum Gasteiger partial charge on any atom is 0.256 e. The predicted octanol–water partition coefficient (Wildman–Crippen LogP) is 1.47. The van der Waals surface area contributed by atoms with E-state index in [-0.39, 0.29) is 11.9 Å². The van der Waals surface area contributed by atoms with Gasteiger partial charge in [-0.2, -0.15) is 15.0 Å². The molecule has 0 aliphatic carbocycles. The number of amides is 1. The van der Waals surface area contributed by atoms with E-state index in [1.54, 1.807) is 12.4 Å². The number of rotatable bonds is 3. The van der Waals surface area contributed by atoms with Crippen LogP contribution in [-0.2, 0) is 0 Å². The molecule has 2 heterocycles. The average Bonchev–Trinajstić information content (AvgIpc) is 3.08. The van der Waals surface area contributed by atoms with Crippen LogP contribution in [0.3, 0.4) is 0 Å². The smallest absolute Gasteiger partial charge is 0.256 e. The van der Waals surface area contributed by atoms with Crippen molar-refractivity contribution in [2.75, 3.05) is 13.1 Å². The van der Waals surface area contributed by atoms with Crippen molar-refractivity contribution in [2.24, 2.45) is 11.7 Å². The predicted molar refractivity (Wildman–Crippen MR) is 83.6 cm³/mol. The largest absolute Gasteiger partial charge is 0.334 e. The summed E-state index contributed by atoms with van der Waals surface area (Å²) in [4.78, 5) is 16.4. The lowest BCUT2D eigenvalue weighted by atomic mass is 9.90. The quantitative estimate of drug-likeness (QED) is 0.931. The molecular formula is C16H21N5O. The molecule has 0 spiro atoms. The Hall–Kier alpha value is -2.21. The summed E-state index contributed by atoms with van der Waals surface area (Å²) in [6.45, 7) is 3.42. The van der Waals surface area contributed by atoms with Crippen LogP contribution in [0, 0.1) is 5.92 Å². The zero-order chi connectivity index (χ0) is 15.5. The van der Waals surface area contributed by atoms with Gasteiger partial charge in [0.05, 0.1) is 23.6 Å². The van der Waals surface area contributed by atoms with Crippen molar-refractivity contribution in [1.29, 1.82) is 0 Å². The molecule has 22 heavy (non-hydrogen) atoms. The molecule has 6 heteroatoms. The SMILES string of the molecule is CC1CCCN(C(=O)c2ccccc2-n2nccn2)C1CN. The Kier molecular flexibility index (Phi) is 4.20. The van der Waals surface area contributed by atoms with E-state index in [1.807, 2.05) is 29.2 Å². The molecule has 2 unspecified atom stereocenters.